The molecular weight excluding hydrogens is 164 g/mol. The molecule has 0 amide bonds. The van der Waals surface area contributed by atoms with E-state index in [1.165, 1.54) is 0 Å². The van der Waals surface area contributed by atoms with Crippen LogP contribution in [0.1, 0.15) is 46.2 Å². The molecule has 0 atom stereocenters. The van der Waals surface area contributed by atoms with Crippen LogP contribution in [0.25, 0.3) is 0 Å². The van der Waals surface area contributed by atoms with Gasteiger partial charge in [-0.2, -0.15) is 0 Å². The van der Waals surface area contributed by atoms with E-state index in [1.54, 1.807) is 0 Å². The van der Waals surface area contributed by atoms with Crippen LogP contribution in [0.15, 0.2) is 0 Å². The fraction of sp³-hybridized carbons (Fsp3) is 0.778. The second-order valence-corrected chi connectivity index (χ2v) is 4.60. The molecule has 0 radical (unpaired) electrons. The number of hydrogen-bond acceptors (Lipinski definition) is 3. The first-order valence-electron chi connectivity index (χ1n) is 4.55. The normalized spacial score (nSPS) is 12.5. The Hall–Kier alpha value is -1.06. The third-order valence-electron chi connectivity index (χ3n) is 1.91. The zero-order valence-corrected chi connectivity index (χ0v) is 9.00. The zero-order valence-electron chi connectivity index (χ0n) is 9.00. The van der Waals surface area contributed by atoms with Gasteiger partial charge in [0.15, 0.2) is 5.82 Å². The molecule has 1 heterocycles. The molecule has 0 saturated carbocycles. The molecule has 0 spiro atoms. The van der Waals surface area contributed by atoms with Gasteiger partial charge in [0.1, 0.15) is 0 Å². The molecule has 2 N–H and O–H groups in total. The van der Waals surface area contributed by atoms with Crippen LogP contribution in [0.2, 0.25) is 0 Å². The largest absolute Gasteiger partial charge is 0.381 e. The predicted octanol–water partition coefficient (Wildman–Crippen LogP) is 1.74. The Bertz CT molecular complexity index is 293. The van der Waals surface area contributed by atoms with Gasteiger partial charge in [-0.05, 0) is 26.7 Å². The molecule has 0 saturated heterocycles. The molecule has 0 unspecified atom stereocenters. The topological polar surface area (TPSA) is 56.7 Å². The average Bonchev–Trinajstić information content (AvgIpc) is 2.28. The lowest BCUT2D eigenvalue weighted by molar-refractivity contribution is 0.331. The van der Waals surface area contributed by atoms with Crippen LogP contribution in [0, 0.1) is 0 Å². The molecule has 0 aliphatic carbocycles. The summed E-state index contributed by atoms with van der Waals surface area (Å²) in [5, 5.41) is 7.94. The van der Waals surface area contributed by atoms with E-state index < -0.39 is 0 Å². The Labute approximate surface area is 79.1 Å². The summed E-state index contributed by atoms with van der Waals surface area (Å²) < 4.78 is 1.90. The van der Waals surface area contributed by atoms with Crippen LogP contribution in [0.3, 0.4) is 0 Å². The van der Waals surface area contributed by atoms with E-state index in [9.17, 15) is 0 Å². The number of hydrogen-bond donors (Lipinski definition) is 1. The third-order valence-corrected chi connectivity index (χ3v) is 1.91. The fourth-order valence-electron chi connectivity index (χ4n) is 1.34. The summed E-state index contributed by atoms with van der Waals surface area (Å²) in [7, 11) is 0. The molecule has 0 fully saturated rings. The number of nitrogens with zero attached hydrogens (tertiary/aromatic N) is 3. The molecule has 0 aliphatic heterocycles. The van der Waals surface area contributed by atoms with Crippen LogP contribution in [-0.2, 0) is 5.54 Å². The van der Waals surface area contributed by atoms with Gasteiger partial charge in [0, 0.05) is 0 Å². The first-order chi connectivity index (χ1) is 5.84. The van der Waals surface area contributed by atoms with Gasteiger partial charge in [-0.25, -0.2) is 4.68 Å². The van der Waals surface area contributed by atoms with E-state index in [0.717, 1.165) is 5.69 Å². The molecule has 74 valence electrons. The van der Waals surface area contributed by atoms with Gasteiger partial charge < -0.3 is 5.73 Å². The zero-order chi connectivity index (χ0) is 10.2. The molecule has 1 rings (SSSR count). The highest BCUT2D eigenvalue weighted by Crippen LogP contribution is 2.24. The second-order valence-electron chi connectivity index (χ2n) is 4.60. The van der Waals surface area contributed by atoms with Crippen LogP contribution < -0.4 is 5.73 Å². The molecule has 4 nitrogen and oxygen atoms in total. The molecule has 0 aromatic carbocycles. The van der Waals surface area contributed by atoms with Crippen molar-refractivity contribution in [3.63, 3.8) is 0 Å². The molecule has 0 bridgehead atoms. The summed E-state index contributed by atoms with van der Waals surface area (Å²) in [6.07, 6.45) is 0. The maximum atomic E-state index is 5.74. The number of nitrogen functional groups attached to an aromatic ring is 1. The van der Waals surface area contributed by atoms with Crippen LogP contribution in [0.5, 0.6) is 0 Å². The second kappa shape index (κ2) is 3.01. The number of anilines is 1. The number of rotatable bonds is 1. The monoisotopic (exact) mass is 182 g/mol. The van der Waals surface area contributed by atoms with Gasteiger partial charge >= 0.3 is 0 Å². The van der Waals surface area contributed by atoms with Crippen molar-refractivity contribution >= 4 is 5.82 Å². The minimum atomic E-state index is -0.0514. The minimum Gasteiger partial charge on any atom is -0.381 e. The van der Waals surface area contributed by atoms with Crippen LogP contribution in [0.4, 0.5) is 5.82 Å². The van der Waals surface area contributed by atoms with Crippen molar-refractivity contribution in [2.24, 2.45) is 0 Å². The Balaban J connectivity index is 3.23. The van der Waals surface area contributed by atoms with Gasteiger partial charge in [-0.1, -0.05) is 19.1 Å². The van der Waals surface area contributed by atoms with E-state index in [0.29, 0.717) is 11.7 Å². The highest BCUT2D eigenvalue weighted by Gasteiger charge is 2.22. The maximum absolute atomic E-state index is 5.74. The summed E-state index contributed by atoms with van der Waals surface area (Å²) in [4.78, 5) is 0. The summed E-state index contributed by atoms with van der Waals surface area (Å²) in [6.45, 7) is 10.5. The Morgan fingerprint density at radius 2 is 1.85 bits per heavy atom. The maximum Gasteiger partial charge on any atom is 0.169 e. The Morgan fingerprint density at radius 3 is 2.15 bits per heavy atom. The SMILES string of the molecule is CC(C)c1c(N)nnn1C(C)(C)C. The lowest BCUT2D eigenvalue weighted by atomic mass is 10.1. The highest BCUT2D eigenvalue weighted by molar-refractivity contribution is 5.35. The first kappa shape index (κ1) is 10.0. The molecule has 13 heavy (non-hydrogen) atoms. The highest BCUT2D eigenvalue weighted by atomic mass is 15.5. The van der Waals surface area contributed by atoms with Crippen LogP contribution >= 0.6 is 0 Å². The van der Waals surface area contributed by atoms with Crippen molar-refractivity contribution in [3.05, 3.63) is 5.69 Å². The smallest absolute Gasteiger partial charge is 0.169 e. The van der Waals surface area contributed by atoms with Crippen molar-refractivity contribution in [2.75, 3.05) is 5.73 Å². The molecule has 4 heteroatoms. The van der Waals surface area contributed by atoms with Gasteiger partial charge in [0.2, 0.25) is 0 Å². The lowest BCUT2D eigenvalue weighted by Gasteiger charge is -2.22. The van der Waals surface area contributed by atoms with Crippen molar-refractivity contribution in [1.82, 2.24) is 15.0 Å². The van der Waals surface area contributed by atoms with E-state index in [1.807, 2.05) is 4.68 Å². The van der Waals surface area contributed by atoms with E-state index in [2.05, 4.69) is 44.9 Å². The number of nitrogens with two attached hydrogens (primary N) is 1. The molecule has 1 aromatic heterocycles. The van der Waals surface area contributed by atoms with E-state index in [-0.39, 0.29) is 5.54 Å². The van der Waals surface area contributed by atoms with Gasteiger partial charge in [-0.3, -0.25) is 0 Å². The Morgan fingerprint density at radius 1 is 1.31 bits per heavy atom. The summed E-state index contributed by atoms with van der Waals surface area (Å²) in [5.74, 6) is 0.902. The van der Waals surface area contributed by atoms with Gasteiger partial charge in [0.25, 0.3) is 0 Å². The summed E-state index contributed by atoms with van der Waals surface area (Å²) >= 11 is 0. The molecule has 1 aromatic rings. The van der Waals surface area contributed by atoms with Crippen LogP contribution in [-0.4, -0.2) is 15.0 Å². The summed E-state index contributed by atoms with van der Waals surface area (Å²) in [6, 6.07) is 0. The summed E-state index contributed by atoms with van der Waals surface area (Å²) in [5.41, 5.74) is 6.71. The predicted molar refractivity (Wildman–Crippen MR) is 53.5 cm³/mol. The van der Waals surface area contributed by atoms with E-state index >= 15 is 0 Å². The third kappa shape index (κ3) is 1.82. The molecule has 0 aliphatic rings. The minimum absolute atomic E-state index is 0.0514. The van der Waals surface area contributed by atoms with Crippen molar-refractivity contribution in [2.45, 2.75) is 46.1 Å². The number of aromatic nitrogens is 3. The first-order valence-corrected chi connectivity index (χ1v) is 4.55. The van der Waals surface area contributed by atoms with Crippen molar-refractivity contribution in [1.29, 1.82) is 0 Å². The van der Waals surface area contributed by atoms with Gasteiger partial charge in [-0.15, -0.1) is 5.10 Å². The quantitative estimate of drug-likeness (QED) is 0.719. The van der Waals surface area contributed by atoms with E-state index in [4.69, 9.17) is 5.73 Å². The standard InChI is InChI=1S/C9H18N4/c1-6(2)7-8(10)11-12-13(7)9(3,4)5/h6H,10H2,1-5H3. The fourth-order valence-corrected chi connectivity index (χ4v) is 1.34. The Kier molecular flexibility index (Phi) is 2.32. The molecular formula is C9H18N4. The van der Waals surface area contributed by atoms with Gasteiger partial charge in [0.05, 0.1) is 11.2 Å². The van der Waals surface area contributed by atoms with Crippen molar-refractivity contribution < 1.29 is 0 Å². The average molecular weight is 182 g/mol. The lowest BCUT2D eigenvalue weighted by Crippen LogP contribution is -2.26. The van der Waals surface area contributed by atoms with Crippen molar-refractivity contribution in [3.8, 4) is 0 Å².